The molecule has 1 saturated carbocycles. The lowest BCUT2D eigenvalue weighted by Gasteiger charge is -2.22. The van der Waals surface area contributed by atoms with E-state index in [0.717, 1.165) is 11.4 Å². The van der Waals surface area contributed by atoms with Gasteiger partial charge in [0.1, 0.15) is 5.75 Å². The topological polar surface area (TPSA) is 21.3 Å². The Morgan fingerprint density at radius 1 is 1.11 bits per heavy atom. The van der Waals surface area contributed by atoms with Crippen LogP contribution >= 0.6 is 11.6 Å². The lowest BCUT2D eigenvalue weighted by atomic mass is 9.96. The fourth-order valence-corrected chi connectivity index (χ4v) is 2.78. The lowest BCUT2D eigenvalue weighted by Crippen LogP contribution is -2.20. The Kier molecular flexibility index (Phi) is 5.18. The van der Waals surface area contributed by atoms with E-state index in [1.54, 1.807) is 7.11 Å². The summed E-state index contributed by atoms with van der Waals surface area (Å²) in [6, 6.07) is 6.51. The maximum Gasteiger partial charge on any atom is 0.139 e. The molecule has 18 heavy (non-hydrogen) atoms. The normalized spacial score (nSPS) is 17.9. The Bertz CT molecular complexity index is 373. The second-order valence-electron chi connectivity index (χ2n) is 5.04. The molecule has 0 heterocycles. The van der Waals surface area contributed by atoms with Crippen molar-refractivity contribution in [3.8, 4) is 5.75 Å². The zero-order valence-corrected chi connectivity index (χ0v) is 11.8. The van der Waals surface area contributed by atoms with E-state index in [-0.39, 0.29) is 0 Å². The van der Waals surface area contributed by atoms with Gasteiger partial charge in [-0.3, -0.25) is 0 Å². The first-order valence-electron chi connectivity index (χ1n) is 6.89. The minimum Gasteiger partial charge on any atom is -0.495 e. The molecular formula is C15H22ClNO. The fraction of sp³-hybridized carbons (Fsp3) is 0.600. The molecule has 0 unspecified atom stereocenters. The van der Waals surface area contributed by atoms with Gasteiger partial charge in [0.15, 0.2) is 0 Å². The van der Waals surface area contributed by atoms with Gasteiger partial charge in [-0.1, -0.05) is 43.7 Å². The van der Waals surface area contributed by atoms with Crippen LogP contribution in [0, 0.1) is 0 Å². The second-order valence-corrected chi connectivity index (χ2v) is 5.44. The Morgan fingerprint density at radius 2 is 1.78 bits per heavy atom. The van der Waals surface area contributed by atoms with Gasteiger partial charge < -0.3 is 10.1 Å². The molecule has 1 aliphatic carbocycles. The monoisotopic (exact) mass is 267 g/mol. The van der Waals surface area contributed by atoms with Crippen molar-refractivity contribution >= 4 is 17.3 Å². The van der Waals surface area contributed by atoms with E-state index in [1.165, 1.54) is 44.9 Å². The summed E-state index contributed by atoms with van der Waals surface area (Å²) in [5, 5.41) is 4.28. The van der Waals surface area contributed by atoms with Crippen LogP contribution in [-0.2, 0) is 0 Å². The minimum atomic E-state index is 0.594. The molecule has 0 spiro atoms. The van der Waals surface area contributed by atoms with Crippen LogP contribution in [0.4, 0.5) is 5.69 Å². The smallest absolute Gasteiger partial charge is 0.139 e. The summed E-state index contributed by atoms with van der Waals surface area (Å²) in [5.74, 6) is 0.743. The van der Waals surface area contributed by atoms with Crippen molar-refractivity contribution in [3.05, 3.63) is 23.2 Å². The van der Waals surface area contributed by atoms with Crippen LogP contribution in [0.25, 0.3) is 0 Å². The Balaban J connectivity index is 1.98. The third kappa shape index (κ3) is 3.81. The Hall–Kier alpha value is -0.890. The molecule has 1 aromatic carbocycles. The van der Waals surface area contributed by atoms with E-state index in [9.17, 15) is 0 Å². The van der Waals surface area contributed by atoms with Gasteiger partial charge in [0, 0.05) is 17.8 Å². The second kappa shape index (κ2) is 6.89. The van der Waals surface area contributed by atoms with E-state index in [2.05, 4.69) is 5.32 Å². The zero-order valence-electron chi connectivity index (χ0n) is 11.0. The molecular weight excluding hydrogens is 246 g/mol. The molecule has 0 radical (unpaired) electrons. The summed E-state index contributed by atoms with van der Waals surface area (Å²) < 4.78 is 5.25. The number of hydrogen-bond donors (Lipinski definition) is 1. The summed E-state index contributed by atoms with van der Waals surface area (Å²) in [6.45, 7) is 0. The molecule has 2 rings (SSSR count). The van der Waals surface area contributed by atoms with Crippen molar-refractivity contribution < 1.29 is 4.74 Å². The summed E-state index contributed by atoms with van der Waals surface area (Å²) in [6.07, 6.45) is 9.37. The molecule has 0 bridgehead atoms. The predicted octanol–water partition coefficient (Wildman–Crippen LogP) is 4.87. The van der Waals surface area contributed by atoms with Crippen LogP contribution in [0.3, 0.4) is 0 Å². The van der Waals surface area contributed by atoms with Crippen molar-refractivity contribution in [2.45, 2.75) is 51.0 Å². The first-order chi connectivity index (χ1) is 8.79. The largest absolute Gasteiger partial charge is 0.495 e. The maximum absolute atomic E-state index is 6.03. The molecule has 1 fully saturated rings. The molecule has 0 saturated heterocycles. The van der Waals surface area contributed by atoms with Gasteiger partial charge in [0.05, 0.1) is 12.1 Å². The van der Waals surface area contributed by atoms with E-state index in [1.807, 2.05) is 18.2 Å². The number of hydrogen-bond acceptors (Lipinski definition) is 2. The molecule has 2 nitrogen and oxygen atoms in total. The minimum absolute atomic E-state index is 0.594. The highest BCUT2D eigenvalue weighted by atomic mass is 35.5. The first-order valence-corrected chi connectivity index (χ1v) is 7.27. The van der Waals surface area contributed by atoms with E-state index in [0.29, 0.717) is 11.1 Å². The molecule has 0 aromatic heterocycles. The predicted molar refractivity (Wildman–Crippen MR) is 77.7 cm³/mol. The molecule has 3 heteroatoms. The molecule has 1 N–H and O–H groups in total. The molecule has 1 aromatic rings. The number of rotatable bonds is 3. The van der Waals surface area contributed by atoms with E-state index >= 15 is 0 Å². The Labute approximate surface area is 115 Å². The first kappa shape index (κ1) is 13.5. The van der Waals surface area contributed by atoms with Gasteiger partial charge in [-0.15, -0.1) is 0 Å². The van der Waals surface area contributed by atoms with Crippen LogP contribution in [0.15, 0.2) is 18.2 Å². The van der Waals surface area contributed by atoms with Crippen LogP contribution < -0.4 is 10.1 Å². The zero-order chi connectivity index (χ0) is 12.8. The maximum atomic E-state index is 6.03. The third-order valence-electron chi connectivity index (χ3n) is 3.63. The molecule has 0 atom stereocenters. The standard InChI is InChI=1S/C15H22ClNO/c1-18-15-11-13(9-10-14(15)16)17-12-7-5-3-2-4-6-8-12/h9-12,17H,2-8H2,1H3. The fourth-order valence-electron chi connectivity index (χ4n) is 2.59. The average Bonchev–Trinajstić information content (AvgIpc) is 2.34. The summed E-state index contributed by atoms with van der Waals surface area (Å²) in [7, 11) is 1.65. The van der Waals surface area contributed by atoms with Gasteiger partial charge in [-0.25, -0.2) is 0 Å². The number of benzene rings is 1. The quantitative estimate of drug-likeness (QED) is 0.843. The molecule has 1 aliphatic rings. The number of nitrogens with one attached hydrogen (secondary N) is 1. The molecule has 0 aliphatic heterocycles. The van der Waals surface area contributed by atoms with E-state index < -0.39 is 0 Å². The van der Waals surface area contributed by atoms with Crippen molar-refractivity contribution in [1.29, 1.82) is 0 Å². The van der Waals surface area contributed by atoms with Crippen molar-refractivity contribution in [2.75, 3.05) is 12.4 Å². The lowest BCUT2D eigenvalue weighted by molar-refractivity contribution is 0.415. The highest BCUT2D eigenvalue weighted by Crippen LogP contribution is 2.29. The Morgan fingerprint density at radius 3 is 2.44 bits per heavy atom. The average molecular weight is 268 g/mol. The highest BCUT2D eigenvalue weighted by molar-refractivity contribution is 6.32. The third-order valence-corrected chi connectivity index (χ3v) is 3.94. The van der Waals surface area contributed by atoms with Crippen molar-refractivity contribution in [1.82, 2.24) is 0 Å². The number of halogens is 1. The number of anilines is 1. The van der Waals surface area contributed by atoms with Gasteiger partial charge in [-0.2, -0.15) is 0 Å². The van der Waals surface area contributed by atoms with Crippen LogP contribution in [-0.4, -0.2) is 13.2 Å². The SMILES string of the molecule is COc1cc(NC2CCCCCCC2)ccc1Cl. The summed E-state index contributed by atoms with van der Waals surface area (Å²) in [4.78, 5) is 0. The summed E-state index contributed by atoms with van der Waals surface area (Å²) >= 11 is 6.03. The number of ether oxygens (including phenoxy) is 1. The van der Waals surface area contributed by atoms with Crippen LogP contribution in [0.1, 0.15) is 44.9 Å². The van der Waals surface area contributed by atoms with Crippen LogP contribution in [0.5, 0.6) is 5.75 Å². The summed E-state index contributed by atoms with van der Waals surface area (Å²) in [5.41, 5.74) is 1.11. The van der Waals surface area contributed by atoms with Gasteiger partial charge in [0.25, 0.3) is 0 Å². The van der Waals surface area contributed by atoms with Crippen molar-refractivity contribution in [2.24, 2.45) is 0 Å². The van der Waals surface area contributed by atoms with Gasteiger partial charge in [0.2, 0.25) is 0 Å². The van der Waals surface area contributed by atoms with Gasteiger partial charge >= 0.3 is 0 Å². The highest BCUT2D eigenvalue weighted by Gasteiger charge is 2.11. The molecule has 100 valence electrons. The van der Waals surface area contributed by atoms with Gasteiger partial charge in [-0.05, 0) is 25.0 Å². The van der Waals surface area contributed by atoms with E-state index in [4.69, 9.17) is 16.3 Å². The van der Waals surface area contributed by atoms with Crippen LogP contribution in [0.2, 0.25) is 5.02 Å². The molecule has 0 amide bonds. The number of methoxy groups -OCH3 is 1. The van der Waals surface area contributed by atoms with Crippen molar-refractivity contribution in [3.63, 3.8) is 0 Å².